The van der Waals surface area contributed by atoms with E-state index >= 15 is 0 Å². The largest absolute Gasteiger partial charge is 0.504 e. The van der Waals surface area contributed by atoms with Crippen LogP contribution >= 0.6 is 0 Å². The number of hydrogen-bond donors (Lipinski definition) is 1. The number of hydrogen-bond acceptors (Lipinski definition) is 2. The van der Waals surface area contributed by atoms with Crippen molar-refractivity contribution in [1.82, 2.24) is 5.43 Å². The molecule has 0 heterocycles. The van der Waals surface area contributed by atoms with Crippen molar-refractivity contribution in [2.45, 2.75) is 27.1 Å². The van der Waals surface area contributed by atoms with Gasteiger partial charge in [-0.2, -0.15) is 10.1 Å². The maximum absolute atomic E-state index is 11.6. The number of nitrogens with one attached hydrogen (secondary N) is 1. The molecule has 0 aromatic heterocycles. The van der Waals surface area contributed by atoms with Gasteiger partial charge in [-0.25, -0.2) is 0 Å². The van der Waals surface area contributed by atoms with Gasteiger partial charge >= 0.3 is 6.30 Å². The Morgan fingerprint density at radius 3 is 2.00 bits per heavy atom. The van der Waals surface area contributed by atoms with E-state index in [9.17, 15) is 13.2 Å². The van der Waals surface area contributed by atoms with Crippen molar-refractivity contribution in [1.29, 1.82) is 0 Å². The van der Waals surface area contributed by atoms with Gasteiger partial charge in [-0.15, -0.1) is 13.2 Å². The van der Waals surface area contributed by atoms with Crippen LogP contribution in [0.1, 0.15) is 20.8 Å². The van der Waals surface area contributed by atoms with Crippen LogP contribution in [0.3, 0.4) is 0 Å². The third-order valence-electron chi connectivity index (χ3n) is 0.736. The molecule has 0 saturated carbocycles. The minimum atomic E-state index is -4.53. The normalized spacial score (nSPS) is 12.7. The maximum atomic E-state index is 11.6. The fourth-order valence-electron chi connectivity index (χ4n) is 0.408. The van der Waals surface area contributed by atoms with Crippen molar-refractivity contribution in [3.63, 3.8) is 0 Å². The standard InChI is InChI=1S/C6H10F3N3/c1-4(2)11-12-5(3)10-6(7,8)9/h1-3H3,(H,10,12). The van der Waals surface area contributed by atoms with Gasteiger partial charge in [0.1, 0.15) is 5.84 Å². The molecule has 0 bridgehead atoms. The van der Waals surface area contributed by atoms with Crippen LogP contribution in [0.5, 0.6) is 0 Å². The number of nitrogens with zero attached hydrogens (tertiary/aromatic N) is 2. The van der Waals surface area contributed by atoms with E-state index in [1.54, 1.807) is 13.8 Å². The fourth-order valence-corrected chi connectivity index (χ4v) is 0.408. The Hall–Kier alpha value is -1.07. The number of amidine groups is 1. The van der Waals surface area contributed by atoms with E-state index in [-0.39, 0.29) is 5.84 Å². The Morgan fingerprint density at radius 1 is 1.17 bits per heavy atom. The number of hydrazone groups is 1. The first kappa shape index (κ1) is 10.9. The van der Waals surface area contributed by atoms with Crippen LogP contribution < -0.4 is 5.43 Å². The van der Waals surface area contributed by atoms with E-state index in [1.807, 2.05) is 0 Å². The summed E-state index contributed by atoms with van der Waals surface area (Å²) in [6.45, 7) is 4.52. The van der Waals surface area contributed by atoms with Crippen LogP contribution in [0.15, 0.2) is 10.1 Å². The third kappa shape index (κ3) is 7.04. The van der Waals surface area contributed by atoms with Crippen LogP contribution in [-0.4, -0.2) is 17.8 Å². The van der Waals surface area contributed by atoms with Gasteiger partial charge in [0.05, 0.1) is 0 Å². The number of rotatable bonds is 1. The highest BCUT2D eigenvalue weighted by atomic mass is 19.4. The molecule has 0 saturated heterocycles. The van der Waals surface area contributed by atoms with Crippen molar-refractivity contribution in [3.8, 4) is 0 Å². The van der Waals surface area contributed by atoms with Crippen molar-refractivity contribution in [2.75, 3.05) is 0 Å². The van der Waals surface area contributed by atoms with Crippen molar-refractivity contribution >= 4 is 11.5 Å². The molecular weight excluding hydrogens is 171 g/mol. The topological polar surface area (TPSA) is 36.8 Å². The summed E-state index contributed by atoms with van der Waals surface area (Å²) in [5, 5.41) is 3.54. The first-order valence-electron chi connectivity index (χ1n) is 3.21. The number of aliphatic imine (C=N–C) groups is 1. The Kier molecular flexibility index (Phi) is 3.72. The van der Waals surface area contributed by atoms with Gasteiger partial charge in [0.25, 0.3) is 0 Å². The van der Waals surface area contributed by atoms with Gasteiger partial charge in [-0.05, 0) is 20.8 Å². The van der Waals surface area contributed by atoms with Crippen LogP contribution in [0.4, 0.5) is 13.2 Å². The molecule has 0 atom stereocenters. The van der Waals surface area contributed by atoms with Crippen molar-refractivity contribution in [2.24, 2.45) is 10.1 Å². The zero-order chi connectivity index (χ0) is 9.78. The zero-order valence-corrected chi connectivity index (χ0v) is 7.03. The van der Waals surface area contributed by atoms with E-state index in [0.29, 0.717) is 5.71 Å². The molecule has 3 nitrogen and oxygen atoms in total. The van der Waals surface area contributed by atoms with Crippen LogP contribution in [-0.2, 0) is 0 Å². The average Bonchev–Trinajstić information content (AvgIpc) is 1.79. The molecule has 0 rings (SSSR count). The highest BCUT2D eigenvalue weighted by Gasteiger charge is 2.26. The first-order chi connectivity index (χ1) is 5.31. The summed E-state index contributed by atoms with van der Waals surface area (Å²) in [4.78, 5) is 2.38. The molecule has 0 aromatic rings. The molecule has 0 amide bonds. The van der Waals surface area contributed by atoms with Gasteiger partial charge in [0.15, 0.2) is 0 Å². The van der Waals surface area contributed by atoms with Crippen molar-refractivity contribution in [3.05, 3.63) is 0 Å². The Labute approximate surface area is 68.4 Å². The second-order valence-electron chi connectivity index (χ2n) is 2.34. The monoisotopic (exact) mass is 181 g/mol. The van der Waals surface area contributed by atoms with E-state index in [0.717, 1.165) is 0 Å². The second kappa shape index (κ2) is 4.08. The highest BCUT2D eigenvalue weighted by molar-refractivity contribution is 5.83. The lowest BCUT2D eigenvalue weighted by atomic mass is 10.5. The first-order valence-corrected chi connectivity index (χ1v) is 3.21. The lowest BCUT2D eigenvalue weighted by Crippen LogP contribution is -2.19. The maximum Gasteiger partial charge on any atom is 0.504 e. The fraction of sp³-hybridized carbons (Fsp3) is 0.667. The minimum absolute atomic E-state index is 0.274. The molecule has 0 radical (unpaired) electrons. The van der Waals surface area contributed by atoms with Gasteiger partial charge in [0, 0.05) is 5.71 Å². The second-order valence-corrected chi connectivity index (χ2v) is 2.34. The quantitative estimate of drug-likeness (QED) is 0.285. The van der Waals surface area contributed by atoms with Gasteiger partial charge in [0.2, 0.25) is 0 Å². The zero-order valence-electron chi connectivity index (χ0n) is 7.03. The predicted octanol–water partition coefficient (Wildman–Crippen LogP) is 1.91. The summed E-state index contributed by atoms with van der Waals surface area (Å²) in [6, 6.07) is 0. The van der Waals surface area contributed by atoms with Crippen molar-refractivity contribution < 1.29 is 13.2 Å². The molecule has 0 fully saturated rings. The molecule has 1 N–H and O–H groups in total. The molecule has 0 aromatic carbocycles. The smallest absolute Gasteiger partial charge is 0.265 e. The molecule has 0 aliphatic carbocycles. The molecule has 0 unspecified atom stereocenters. The van der Waals surface area contributed by atoms with E-state index in [1.165, 1.54) is 6.92 Å². The number of halogens is 3. The summed E-state index contributed by atoms with van der Waals surface area (Å²) in [6.07, 6.45) is -4.53. The molecule has 0 aliphatic heterocycles. The molecule has 12 heavy (non-hydrogen) atoms. The van der Waals surface area contributed by atoms with Gasteiger partial charge < -0.3 is 0 Å². The van der Waals surface area contributed by atoms with E-state index in [2.05, 4.69) is 15.5 Å². The molecule has 6 heteroatoms. The van der Waals surface area contributed by atoms with Gasteiger partial charge in [-0.1, -0.05) is 0 Å². The molecule has 70 valence electrons. The average molecular weight is 181 g/mol. The van der Waals surface area contributed by atoms with E-state index < -0.39 is 6.30 Å². The molecular formula is C6H10F3N3. The van der Waals surface area contributed by atoms with Crippen LogP contribution in [0.2, 0.25) is 0 Å². The lowest BCUT2D eigenvalue weighted by Gasteiger charge is -2.02. The SMILES string of the molecule is CC(C)=NNC(C)=NC(F)(F)F. The Morgan fingerprint density at radius 2 is 1.67 bits per heavy atom. The van der Waals surface area contributed by atoms with Crippen LogP contribution in [0, 0.1) is 0 Å². The Bertz CT molecular complexity index is 201. The molecule has 0 spiro atoms. The minimum Gasteiger partial charge on any atom is -0.265 e. The summed E-state index contributed by atoms with van der Waals surface area (Å²) in [5.41, 5.74) is 2.79. The summed E-state index contributed by atoms with van der Waals surface area (Å²) in [5.74, 6) is -0.274. The lowest BCUT2D eigenvalue weighted by molar-refractivity contribution is -0.119. The predicted molar refractivity (Wildman–Crippen MR) is 41.1 cm³/mol. The van der Waals surface area contributed by atoms with Crippen LogP contribution in [0.25, 0.3) is 0 Å². The third-order valence-corrected chi connectivity index (χ3v) is 0.736. The molecule has 0 aliphatic rings. The van der Waals surface area contributed by atoms with Gasteiger partial charge in [-0.3, -0.25) is 5.43 Å². The van der Waals surface area contributed by atoms with E-state index in [4.69, 9.17) is 0 Å². The highest BCUT2D eigenvalue weighted by Crippen LogP contribution is 2.15. The summed E-state index contributed by atoms with van der Waals surface area (Å²) < 4.78 is 34.7. The Balaban J connectivity index is 4.13. The number of alkyl halides is 3. The summed E-state index contributed by atoms with van der Waals surface area (Å²) in [7, 11) is 0. The summed E-state index contributed by atoms with van der Waals surface area (Å²) >= 11 is 0.